The van der Waals surface area contributed by atoms with Gasteiger partial charge >= 0.3 is 0 Å². The standard InChI is InChI=1S/C13H13FO2S/c1-10(15)17-9-4-3-6-11-7-5-8-12(14)13(11)16-2/h5,7-8H,4,9H2,1-2H3. The van der Waals surface area contributed by atoms with Gasteiger partial charge in [-0.05, 0) is 12.1 Å². The number of halogens is 1. The normalized spacial score (nSPS) is 9.35. The number of methoxy groups -OCH3 is 1. The van der Waals surface area contributed by atoms with Crippen LogP contribution in [0.25, 0.3) is 0 Å². The van der Waals surface area contributed by atoms with E-state index < -0.39 is 5.82 Å². The van der Waals surface area contributed by atoms with Crippen LogP contribution in [0, 0.1) is 17.7 Å². The van der Waals surface area contributed by atoms with E-state index in [9.17, 15) is 9.18 Å². The molecule has 0 bridgehead atoms. The number of rotatable bonds is 3. The summed E-state index contributed by atoms with van der Waals surface area (Å²) in [6, 6.07) is 4.62. The maximum Gasteiger partial charge on any atom is 0.185 e. The van der Waals surface area contributed by atoms with Crippen molar-refractivity contribution in [3.8, 4) is 17.6 Å². The third kappa shape index (κ3) is 4.49. The van der Waals surface area contributed by atoms with Crippen LogP contribution in [0.2, 0.25) is 0 Å². The first kappa shape index (κ1) is 13.6. The summed E-state index contributed by atoms with van der Waals surface area (Å²) < 4.78 is 18.2. The fourth-order valence-corrected chi connectivity index (χ4v) is 1.71. The first-order valence-corrected chi connectivity index (χ1v) is 6.08. The molecule has 0 aliphatic heterocycles. The van der Waals surface area contributed by atoms with Gasteiger partial charge in [-0.1, -0.05) is 29.7 Å². The third-order valence-electron chi connectivity index (χ3n) is 1.93. The Morgan fingerprint density at radius 1 is 1.53 bits per heavy atom. The molecule has 0 aromatic heterocycles. The Labute approximate surface area is 105 Å². The lowest BCUT2D eigenvalue weighted by atomic mass is 10.2. The molecule has 1 aromatic rings. The fourth-order valence-electron chi connectivity index (χ4n) is 1.22. The zero-order chi connectivity index (χ0) is 12.7. The minimum atomic E-state index is -0.419. The van der Waals surface area contributed by atoms with Crippen molar-refractivity contribution in [2.24, 2.45) is 0 Å². The Balaban J connectivity index is 2.65. The van der Waals surface area contributed by atoms with Gasteiger partial charge in [0.25, 0.3) is 0 Å². The second-order valence-electron chi connectivity index (χ2n) is 3.21. The molecule has 17 heavy (non-hydrogen) atoms. The van der Waals surface area contributed by atoms with Crippen LogP contribution in [-0.4, -0.2) is 18.0 Å². The summed E-state index contributed by atoms with van der Waals surface area (Å²) in [5.41, 5.74) is 0.528. The van der Waals surface area contributed by atoms with Crippen molar-refractivity contribution in [2.45, 2.75) is 13.3 Å². The SMILES string of the molecule is COc1c(F)cccc1C#CCCSC(C)=O. The molecule has 90 valence electrons. The first-order chi connectivity index (χ1) is 8.15. The zero-order valence-corrected chi connectivity index (χ0v) is 10.6. The maximum atomic E-state index is 13.3. The average molecular weight is 252 g/mol. The van der Waals surface area contributed by atoms with Gasteiger partial charge in [-0.25, -0.2) is 4.39 Å². The van der Waals surface area contributed by atoms with Crippen LogP contribution in [0.3, 0.4) is 0 Å². The number of carbonyl (C=O) groups excluding carboxylic acids is 1. The average Bonchev–Trinajstić information content (AvgIpc) is 2.28. The van der Waals surface area contributed by atoms with Crippen LogP contribution in [-0.2, 0) is 4.79 Å². The second-order valence-corrected chi connectivity index (χ2v) is 4.48. The van der Waals surface area contributed by atoms with Gasteiger partial charge < -0.3 is 4.74 Å². The summed E-state index contributed by atoms with van der Waals surface area (Å²) in [7, 11) is 1.41. The lowest BCUT2D eigenvalue weighted by Gasteiger charge is -2.03. The van der Waals surface area contributed by atoms with Crippen LogP contribution in [0.4, 0.5) is 4.39 Å². The molecular formula is C13H13FO2S. The summed E-state index contributed by atoms with van der Waals surface area (Å²) in [5, 5.41) is 0.0788. The van der Waals surface area contributed by atoms with Gasteiger partial charge in [-0.3, -0.25) is 4.79 Å². The van der Waals surface area contributed by atoms with E-state index in [4.69, 9.17) is 4.74 Å². The highest BCUT2D eigenvalue weighted by molar-refractivity contribution is 8.13. The van der Waals surface area contributed by atoms with Gasteiger partial charge in [0.15, 0.2) is 16.7 Å². The predicted molar refractivity (Wildman–Crippen MR) is 67.6 cm³/mol. The van der Waals surface area contributed by atoms with Crippen molar-refractivity contribution in [2.75, 3.05) is 12.9 Å². The lowest BCUT2D eigenvalue weighted by Crippen LogP contribution is -1.91. The van der Waals surface area contributed by atoms with Crippen molar-refractivity contribution in [3.05, 3.63) is 29.6 Å². The van der Waals surface area contributed by atoms with Gasteiger partial charge in [-0.15, -0.1) is 0 Å². The molecule has 0 spiro atoms. The van der Waals surface area contributed by atoms with Crippen molar-refractivity contribution in [3.63, 3.8) is 0 Å². The number of carbonyl (C=O) groups is 1. The molecule has 0 atom stereocenters. The summed E-state index contributed by atoms with van der Waals surface area (Å²) in [4.78, 5) is 10.7. The summed E-state index contributed by atoms with van der Waals surface area (Å²) >= 11 is 1.23. The number of thioether (sulfide) groups is 1. The van der Waals surface area contributed by atoms with E-state index in [2.05, 4.69) is 11.8 Å². The summed E-state index contributed by atoms with van der Waals surface area (Å²) in [6.07, 6.45) is 0.587. The van der Waals surface area contributed by atoms with Gasteiger partial charge in [-0.2, -0.15) is 0 Å². The van der Waals surface area contributed by atoms with Crippen molar-refractivity contribution < 1.29 is 13.9 Å². The first-order valence-electron chi connectivity index (χ1n) is 5.10. The summed E-state index contributed by atoms with van der Waals surface area (Å²) in [6.45, 7) is 1.52. The van der Waals surface area contributed by atoms with E-state index in [1.54, 1.807) is 12.1 Å². The molecule has 2 nitrogen and oxygen atoms in total. The molecule has 0 heterocycles. The molecule has 0 N–H and O–H groups in total. The minimum Gasteiger partial charge on any atom is -0.492 e. The van der Waals surface area contributed by atoms with Crippen LogP contribution in [0.15, 0.2) is 18.2 Å². The molecule has 0 radical (unpaired) electrons. The Hall–Kier alpha value is -1.47. The highest BCUT2D eigenvalue weighted by Gasteiger charge is 2.05. The van der Waals surface area contributed by atoms with Crippen LogP contribution in [0.1, 0.15) is 18.9 Å². The van der Waals surface area contributed by atoms with E-state index >= 15 is 0 Å². The van der Waals surface area contributed by atoms with Crippen molar-refractivity contribution >= 4 is 16.9 Å². The molecule has 0 saturated heterocycles. The lowest BCUT2D eigenvalue weighted by molar-refractivity contribution is -0.109. The largest absolute Gasteiger partial charge is 0.492 e. The molecule has 0 aliphatic carbocycles. The Bertz CT molecular complexity index is 460. The van der Waals surface area contributed by atoms with Gasteiger partial charge in [0, 0.05) is 19.1 Å². The van der Waals surface area contributed by atoms with E-state index in [0.29, 0.717) is 17.7 Å². The highest BCUT2D eigenvalue weighted by Crippen LogP contribution is 2.20. The molecule has 0 amide bonds. The second kappa shape index (κ2) is 6.97. The monoisotopic (exact) mass is 252 g/mol. The zero-order valence-electron chi connectivity index (χ0n) is 9.75. The smallest absolute Gasteiger partial charge is 0.185 e. The number of hydrogen-bond donors (Lipinski definition) is 0. The van der Waals surface area contributed by atoms with E-state index in [1.807, 2.05) is 0 Å². The fraction of sp³-hybridized carbons (Fsp3) is 0.308. The molecule has 0 saturated carbocycles. The van der Waals surface area contributed by atoms with Crippen LogP contribution in [0.5, 0.6) is 5.75 Å². The third-order valence-corrected chi connectivity index (χ3v) is 2.74. The van der Waals surface area contributed by atoms with E-state index in [-0.39, 0.29) is 10.9 Å². The maximum absolute atomic E-state index is 13.3. The van der Waals surface area contributed by atoms with Crippen LogP contribution >= 0.6 is 11.8 Å². The Morgan fingerprint density at radius 3 is 2.94 bits per heavy atom. The molecule has 1 aromatic carbocycles. The Kier molecular flexibility index (Phi) is 5.58. The number of benzene rings is 1. The molecule has 1 rings (SSSR count). The number of hydrogen-bond acceptors (Lipinski definition) is 3. The highest BCUT2D eigenvalue weighted by atomic mass is 32.2. The Morgan fingerprint density at radius 2 is 2.29 bits per heavy atom. The van der Waals surface area contributed by atoms with Crippen molar-refractivity contribution in [1.82, 2.24) is 0 Å². The molecule has 0 aliphatic rings. The summed E-state index contributed by atoms with van der Waals surface area (Å²) in [5.74, 6) is 6.13. The molecule has 0 unspecified atom stereocenters. The molecule has 0 fully saturated rings. The van der Waals surface area contributed by atoms with Gasteiger partial charge in [0.2, 0.25) is 0 Å². The van der Waals surface area contributed by atoms with Gasteiger partial charge in [0.1, 0.15) is 0 Å². The molecule has 4 heteroatoms. The van der Waals surface area contributed by atoms with Crippen LogP contribution < -0.4 is 4.74 Å². The van der Waals surface area contributed by atoms with E-state index in [0.717, 1.165) is 0 Å². The number of ether oxygens (including phenoxy) is 1. The predicted octanol–water partition coefficient (Wildman–Crippen LogP) is 2.86. The molecular weight excluding hydrogens is 239 g/mol. The quantitative estimate of drug-likeness (QED) is 0.611. The van der Waals surface area contributed by atoms with E-state index in [1.165, 1.54) is 31.9 Å². The minimum absolute atomic E-state index is 0.0788. The number of para-hydroxylation sites is 1. The van der Waals surface area contributed by atoms with Crippen molar-refractivity contribution in [1.29, 1.82) is 0 Å². The van der Waals surface area contributed by atoms with Gasteiger partial charge in [0.05, 0.1) is 12.7 Å². The topological polar surface area (TPSA) is 26.3 Å².